The van der Waals surface area contributed by atoms with E-state index >= 15 is 0 Å². The van der Waals surface area contributed by atoms with Gasteiger partial charge in [0, 0.05) is 6.92 Å². The zero-order valence-corrected chi connectivity index (χ0v) is 11.4. The number of methoxy groups -OCH3 is 1. The second kappa shape index (κ2) is 5.33. The molecular weight excluding hydrogens is 234 g/mol. The number of esters is 1. The Bertz CT molecular complexity index is 409. The van der Waals surface area contributed by atoms with Gasteiger partial charge in [0.05, 0.1) is 19.2 Å². The number of nitrogens with zero attached hydrogens (tertiary/aromatic N) is 1. The van der Waals surface area contributed by atoms with Crippen molar-refractivity contribution in [2.75, 3.05) is 7.11 Å². The van der Waals surface area contributed by atoms with Crippen LogP contribution < -0.4 is 0 Å². The molecule has 1 saturated carbocycles. The highest BCUT2D eigenvalue weighted by Crippen LogP contribution is 2.59. The molecule has 1 aliphatic rings. The van der Waals surface area contributed by atoms with Gasteiger partial charge < -0.3 is 9.57 Å². The Morgan fingerprint density at radius 3 is 2.39 bits per heavy atom. The van der Waals surface area contributed by atoms with Crippen LogP contribution in [0.5, 0.6) is 0 Å². The number of hydrogen-bond acceptors (Lipinski definition) is 5. The Hall–Kier alpha value is -1.65. The van der Waals surface area contributed by atoms with Crippen molar-refractivity contribution in [3.05, 3.63) is 11.6 Å². The number of allylic oxidation sites excluding steroid dienone is 2. The molecule has 2 atom stereocenters. The maximum atomic E-state index is 11.5. The maximum Gasteiger partial charge on any atom is 0.331 e. The molecule has 2 unspecified atom stereocenters. The van der Waals surface area contributed by atoms with Crippen LogP contribution in [-0.2, 0) is 19.2 Å². The highest BCUT2D eigenvalue weighted by atomic mass is 16.7. The molecule has 0 N–H and O–H groups in total. The summed E-state index contributed by atoms with van der Waals surface area (Å²) >= 11 is 0. The number of carbonyl (C=O) groups excluding carboxylic acids is 2. The summed E-state index contributed by atoms with van der Waals surface area (Å²) in [5.74, 6) is -0.627. The monoisotopic (exact) mass is 253 g/mol. The predicted molar refractivity (Wildman–Crippen MR) is 66.8 cm³/mol. The number of ether oxygens (including phenoxy) is 1. The average Bonchev–Trinajstić information content (AvgIpc) is 2.78. The zero-order chi connectivity index (χ0) is 13.9. The first-order valence-electron chi connectivity index (χ1n) is 5.78. The third-order valence-electron chi connectivity index (χ3n) is 3.25. The first-order chi connectivity index (χ1) is 8.30. The molecule has 100 valence electrons. The summed E-state index contributed by atoms with van der Waals surface area (Å²) < 4.78 is 4.76. The lowest BCUT2D eigenvalue weighted by Gasteiger charge is -1.99. The minimum atomic E-state index is -0.460. The summed E-state index contributed by atoms with van der Waals surface area (Å²) in [4.78, 5) is 26.5. The van der Waals surface area contributed by atoms with Gasteiger partial charge in [0.1, 0.15) is 0 Å². The number of hydrogen-bond donors (Lipinski definition) is 0. The van der Waals surface area contributed by atoms with E-state index in [9.17, 15) is 9.59 Å². The van der Waals surface area contributed by atoms with Gasteiger partial charge in [-0.2, -0.15) is 0 Å². The summed E-state index contributed by atoms with van der Waals surface area (Å²) in [6, 6.07) is 0. The van der Waals surface area contributed by atoms with Crippen molar-refractivity contribution in [2.45, 2.75) is 27.7 Å². The highest BCUT2D eigenvalue weighted by molar-refractivity contribution is 5.81. The van der Waals surface area contributed by atoms with Crippen LogP contribution in [0.4, 0.5) is 0 Å². The van der Waals surface area contributed by atoms with Gasteiger partial charge in [-0.3, -0.25) is 4.79 Å². The van der Waals surface area contributed by atoms with E-state index in [4.69, 9.17) is 4.74 Å². The van der Waals surface area contributed by atoms with Crippen molar-refractivity contribution in [3.63, 3.8) is 0 Å². The largest absolute Gasteiger partial charge is 0.469 e. The van der Waals surface area contributed by atoms with Crippen molar-refractivity contribution in [3.8, 4) is 0 Å². The Balaban J connectivity index is 2.64. The number of oxime groups is 1. The van der Waals surface area contributed by atoms with Crippen molar-refractivity contribution in [1.29, 1.82) is 0 Å². The molecule has 1 fully saturated rings. The lowest BCUT2D eigenvalue weighted by Crippen LogP contribution is -2.07. The van der Waals surface area contributed by atoms with E-state index in [0.29, 0.717) is 0 Å². The molecule has 0 heterocycles. The van der Waals surface area contributed by atoms with Crippen molar-refractivity contribution in [1.82, 2.24) is 0 Å². The van der Waals surface area contributed by atoms with E-state index in [1.807, 2.05) is 26.8 Å². The molecule has 0 bridgehead atoms. The van der Waals surface area contributed by atoms with Crippen molar-refractivity contribution >= 4 is 18.2 Å². The second-order valence-corrected chi connectivity index (χ2v) is 5.08. The summed E-state index contributed by atoms with van der Waals surface area (Å²) in [6.07, 6.45) is 3.42. The SMILES string of the molecule is COC(=O)C1C(/C=C(C)/C=N\OC(C)=O)C1(C)C. The molecule has 5 nitrogen and oxygen atoms in total. The van der Waals surface area contributed by atoms with Crippen LogP contribution >= 0.6 is 0 Å². The van der Waals surface area contributed by atoms with Gasteiger partial charge >= 0.3 is 11.9 Å². The molecule has 0 aromatic heterocycles. The smallest absolute Gasteiger partial charge is 0.331 e. The molecule has 0 amide bonds. The molecule has 18 heavy (non-hydrogen) atoms. The molecule has 0 radical (unpaired) electrons. The third-order valence-corrected chi connectivity index (χ3v) is 3.25. The Morgan fingerprint density at radius 1 is 1.28 bits per heavy atom. The zero-order valence-electron chi connectivity index (χ0n) is 11.4. The van der Waals surface area contributed by atoms with E-state index in [1.165, 1.54) is 20.2 Å². The molecule has 0 spiro atoms. The molecule has 0 aromatic carbocycles. The van der Waals surface area contributed by atoms with Gasteiger partial charge in [-0.25, -0.2) is 4.79 Å². The fraction of sp³-hybridized carbons (Fsp3) is 0.615. The Labute approximate surface area is 107 Å². The first kappa shape index (κ1) is 14.4. The van der Waals surface area contributed by atoms with Crippen LogP contribution in [0.15, 0.2) is 16.8 Å². The van der Waals surface area contributed by atoms with Crippen LogP contribution in [-0.4, -0.2) is 25.3 Å². The topological polar surface area (TPSA) is 65.0 Å². The summed E-state index contributed by atoms with van der Waals surface area (Å²) in [5.41, 5.74) is 0.754. The van der Waals surface area contributed by atoms with Gasteiger partial charge in [-0.05, 0) is 23.8 Å². The fourth-order valence-corrected chi connectivity index (χ4v) is 2.08. The van der Waals surface area contributed by atoms with E-state index in [0.717, 1.165) is 5.57 Å². The first-order valence-corrected chi connectivity index (χ1v) is 5.78. The molecule has 1 aliphatic carbocycles. The van der Waals surface area contributed by atoms with Crippen molar-refractivity contribution < 1.29 is 19.2 Å². The normalized spacial score (nSPS) is 25.9. The van der Waals surface area contributed by atoms with E-state index in [2.05, 4.69) is 9.99 Å². The van der Waals surface area contributed by atoms with Crippen LogP contribution in [0.3, 0.4) is 0 Å². The minimum Gasteiger partial charge on any atom is -0.469 e. The maximum absolute atomic E-state index is 11.5. The molecule has 0 aromatic rings. The summed E-state index contributed by atoms with van der Waals surface area (Å²) in [6.45, 7) is 7.17. The number of rotatable bonds is 4. The van der Waals surface area contributed by atoms with E-state index in [-0.39, 0.29) is 23.2 Å². The van der Waals surface area contributed by atoms with Gasteiger partial charge in [-0.1, -0.05) is 25.1 Å². The lowest BCUT2D eigenvalue weighted by molar-refractivity contribution is -0.143. The molecule has 0 saturated heterocycles. The third kappa shape index (κ3) is 3.18. The van der Waals surface area contributed by atoms with Gasteiger partial charge in [-0.15, -0.1) is 0 Å². The average molecular weight is 253 g/mol. The predicted octanol–water partition coefficient (Wildman–Crippen LogP) is 1.93. The molecule has 5 heteroatoms. The lowest BCUT2D eigenvalue weighted by atomic mass is 10.1. The highest BCUT2D eigenvalue weighted by Gasteiger charge is 2.61. The van der Waals surface area contributed by atoms with Gasteiger partial charge in [0.2, 0.25) is 0 Å². The molecular formula is C13H19NO4. The fourth-order valence-electron chi connectivity index (χ4n) is 2.08. The summed E-state index contributed by atoms with van der Waals surface area (Å²) in [5, 5.41) is 3.53. The van der Waals surface area contributed by atoms with Crippen LogP contribution in [0, 0.1) is 17.3 Å². The Morgan fingerprint density at radius 2 is 1.89 bits per heavy atom. The quantitative estimate of drug-likeness (QED) is 0.332. The Kier molecular flexibility index (Phi) is 4.27. The van der Waals surface area contributed by atoms with E-state index < -0.39 is 5.97 Å². The van der Waals surface area contributed by atoms with Gasteiger partial charge in [0.25, 0.3) is 0 Å². The minimum absolute atomic E-state index is 0.0936. The second-order valence-electron chi connectivity index (χ2n) is 5.08. The van der Waals surface area contributed by atoms with Crippen LogP contribution in [0.25, 0.3) is 0 Å². The van der Waals surface area contributed by atoms with Crippen LogP contribution in [0.1, 0.15) is 27.7 Å². The molecule has 1 rings (SSSR count). The summed E-state index contributed by atoms with van der Waals surface area (Å²) in [7, 11) is 1.40. The van der Waals surface area contributed by atoms with E-state index in [1.54, 1.807) is 0 Å². The van der Waals surface area contributed by atoms with Crippen LogP contribution in [0.2, 0.25) is 0 Å². The van der Waals surface area contributed by atoms with Crippen molar-refractivity contribution in [2.24, 2.45) is 22.4 Å². The van der Waals surface area contributed by atoms with Gasteiger partial charge in [0.15, 0.2) is 0 Å². The molecule has 0 aliphatic heterocycles. The number of carbonyl (C=O) groups is 2. The standard InChI is InChI=1S/C13H19NO4/c1-8(7-14-18-9(2)15)6-10-11(12(16)17-5)13(10,3)4/h6-7,10-11H,1-5H3/b8-6+,14-7-.